The fourth-order valence-electron chi connectivity index (χ4n) is 4.79. The first kappa shape index (κ1) is 18.3. The van der Waals surface area contributed by atoms with Gasteiger partial charge in [-0.3, -0.25) is 14.7 Å². The van der Waals surface area contributed by atoms with Crippen LogP contribution in [0.25, 0.3) is 0 Å². The predicted octanol–water partition coefficient (Wildman–Crippen LogP) is 3.62. The summed E-state index contributed by atoms with van der Waals surface area (Å²) in [4.78, 5) is 7.47. The molecule has 4 aliphatic rings. The molecule has 4 bridgehead atoms. The number of halogens is 2. The molecule has 4 saturated heterocycles. The smallest absolute Gasteiger partial charge is 0.0802 e. The molecule has 28 heavy (non-hydrogen) atoms. The molecule has 0 spiro atoms. The van der Waals surface area contributed by atoms with Crippen molar-refractivity contribution in [1.29, 1.82) is 0 Å². The van der Waals surface area contributed by atoms with E-state index in [1.54, 1.807) is 6.21 Å². The normalized spacial score (nSPS) is 31.6. The summed E-state index contributed by atoms with van der Waals surface area (Å²) >= 11 is 12.5. The molecule has 0 aromatic heterocycles. The maximum absolute atomic E-state index is 6.27. The minimum atomic E-state index is -0.0439. The van der Waals surface area contributed by atoms with Crippen molar-refractivity contribution in [2.75, 3.05) is 39.6 Å². The van der Waals surface area contributed by atoms with Gasteiger partial charge in [0.25, 0.3) is 0 Å². The van der Waals surface area contributed by atoms with E-state index in [-0.39, 0.29) is 5.41 Å². The molecule has 144 valence electrons. The maximum Gasteiger partial charge on any atom is 0.0802 e. The highest BCUT2D eigenvalue weighted by Gasteiger charge is 2.51. The fourth-order valence-corrected chi connectivity index (χ4v) is 5.28. The van der Waals surface area contributed by atoms with Crippen LogP contribution in [-0.2, 0) is 0 Å². The van der Waals surface area contributed by atoms with Gasteiger partial charge in [-0.2, -0.15) is 10.2 Å². The second-order valence-electron chi connectivity index (χ2n) is 7.89. The van der Waals surface area contributed by atoms with Crippen LogP contribution in [0.2, 0.25) is 10.0 Å². The van der Waals surface area contributed by atoms with Crippen molar-refractivity contribution in [3.63, 3.8) is 0 Å². The van der Waals surface area contributed by atoms with Gasteiger partial charge in [0.1, 0.15) is 0 Å². The molecule has 5 nitrogen and oxygen atoms in total. The van der Waals surface area contributed by atoms with Crippen LogP contribution in [0.15, 0.2) is 58.7 Å². The Morgan fingerprint density at radius 3 is 1.96 bits per heavy atom. The van der Waals surface area contributed by atoms with Crippen molar-refractivity contribution in [3.8, 4) is 0 Å². The number of nitrogens with zero attached hydrogens (tertiary/aromatic N) is 5. The van der Waals surface area contributed by atoms with Gasteiger partial charge in [0.15, 0.2) is 0 Å². The van der Waals surface area contributed by atoms with E-state index in [2.05, 4.69) is 44.1 Å². The highest BCUT2D eigenvalue weighted by Crippen LogP contribution is 2.38. The van der Waals surface area contributed by atoms with Crippen molar-refractivity contribution >= 4 is 35.1 Å². The monoisotopic (exact) mass is 413 g/mol. The molecular weight excluding hydrogens is 393 g/mol. The van der Waals surface area contributed by atoms with E-state index in [1.165, 1.54) is 0 Å². The van der Waals surface area contributed by atoms with Gasteiger partial charge in [-0.25, -0.2) is 0 Å². The van der Waals surface area contributed by atoms with E-state index in [9.17, 15) is 0 Å². The Hall–Kier alpha value is -1.76. The molecule has 4 heterocycles. The summed E-state index contributed by atoms with van der Waals surface area (Å²) in [5.41, 5.74) is 2.81. The third-order valence-corrected chi connectivity index (χ3v) is 6.33. The van der Waals surface area contributed by atoms with Crippen LogP contribution in [0.4, 0.5) is 0 Å². The van der Waals surface area contributed by atoms with E-state index in [0.29, 0.717) is 15.6 Å². The molecule has 4 fully saturated rings. The Kier molecular flexibility index (Phi) is 4.73. The Labute approximate surface area is 174 Å². The minimum Gasteiger partial charge on any atom is -0.276 e. The van der Waals surface area contributed by atoms with Crippen molar-refractivity contribution in [3.05, 3.63) is 69.7 Å². The average Bonchev–Trinajstić information content (AvgIpc) is 2.66. The number of benzene rings is 2. The Morgan fingerprint density at radius 2 is 1.39 bits per heavy atom. The summed E-state index contributed by atoms with van der Waals surface area (Å²) in [6.45, 7) is 6.15. The molecule has 6 rings (SSSR count). The van der Waals surface area contributed by atoms with Gasteiger partial charge >= 0.3 is 0 Å². The fraction of sp³-hybridized carbons (Fsp3) is 0.333. The molecule has 4 aliphatic heterocycles. The quantitative estimate of drug-likeness (QED) is 0.566. The third-order valence-electron chi connectivity index (χ3n) is 5.67. The Morgan fingerprint density at radius 1 is 0.821 bits per heavy atom. The van der Waals surface area contributed by atoms with Crippen molar-refractivity contribution < 1.29 is 0 Å². The molecule has 2 aromatic rings. The molecule has 7 heteroatoms. The van der Waals surface area contributed by atoms with Gasteiger partial charge in [-0.15, -0.1) is 0 Å². The SMILES string of the molecule is Clc1cccc(Cl)c1C=NN=C(c1ccccc1)C12CN3CN(CN(C3)C1)C2. The summed E-state index contributed by atoms with van der Waals surface area (Å²) in [5.74, 6) is 0. The van der Waals surface area contributed by atoms with Crippen LogP contribution in [0.3, 0.4) is 0 Å². The van der Waals surface area contributed by atoms with Crippen LogP contribution in [0, 0.1) is 5.41 Å². The van der Waals surface area contributed by atoms with E-state index < -0.39 is 0 Å². The van der Waals surface area contributed by atoms with Crippen LogP contribution in [0.5, 0.6) is 0 Å². The summed E-state index contributed by atoms with van der Waals surface area (Å²) in [6, 6.07) is 15.8. The Balaban J connectivity index is 1.55. The van der Waals surface area contributed by atoms with Crippen molar-refractivity contribution in [1.82, 2.24) is 14.7 Å². The second-order valence-corrected chi connectivity index (χ2v) is 8.70. The number of hydrogen-bond acceptors (Lipinski definition) is 5. The first-order chi connectivity index (χ1) is 13.6. The largest absolute Gasteiger partial charge is 0.276 e. The van der Waals surface area contributed by atoms with Gasteiger partial charge in [-0.05, 0) is 17.7 Å². The summed E-state index contributed by atoms with van der Waals surface area (Å²) in [7, 11) is 0. The van der Waals surface area contributed by atoms with Crippen LogP contribution in [-0.4, -0.2) is 66.3 Å². The first-order valence-electron chi connectivity index (χ1n) is 9.41. The minimum absolute atomic E-state index is 0.0439. The predicted molar refractivity (Wildman–Crippen MR) is 114 cm³/mol. The van der Waals surface area contributed by atoms with E-state index in [4.69, 9.17) is 28.3 Å². The first-order valence-corrected chi connectivity index (χ1v) is 10.2. The third kappa shape index (κ3) is 3.27. The lowest BCUT2D eigenvalue weighted by Crippen LogP contribution is -2.74. The molecule has 0 amide bonds. The van der Waals surface area contributed by atoms with Gasteiger partial charge in [0, 0.05) is 25.2 Å². The van der Waals surface area contributed by atoms with Crippen LogP contribution >= 0.6 is 23.2 Å². The standard InChI is InChI=1S/C21H21Cl2N5/c22-18-7-4-8-19(23)17(18)9-24-25-20(16-5-2-1-3-6-16)21-10-26-13-27(11-21)15-28(12-21)14-26/h1-9H,10-15H2. The van der Waals surface area contributed by atoms with Crippen molar-refractivity contribution in [2.24, 2.45) is 15.6 Å². The summed E-state index contributed by atoms with van der Waals surface area (Å²) in [5, 5.41) is 10.3. The zero-order chi connectivity index (χ0) is 19.1. The van der Waals surface area contributed by atoms with Gasteiger partial charge in [-0.1, -0.05) is 59.6 Å². The molecule has 2 aromatic carbocycles. The number of hydrogen-bond donors (Lipinski definition) is 0. The van der Waals surface area contributed by atoms with Crippen molar-refractivity contribution in [2.45, 2.75) is 0 Å². The lowest BCUT2D eigenvalue weighted by molar-refractivity contribution is -0.149. The van der Waals surface area contributed by atoms with E-state index in [1.807, 2.05) is 24.3 Å². The Bertz CT molecular complexity index is 886. The van der Waals surface area contributed by atoms with Crippen LogP contribution in [0.1, 0.15) is 11.1 Å². The molecule has 0 aliphatic carbocycles. The maximum atomic E-state index is 6.27. The molecule has 0 saturated carbocycles. The molecule has 0 atom stereocenters. The summed E-state index contributed by atoms with van der Waals surface area (Å²) < 4.78 is 0. The second kappa shape index (κ2) is 7.25. The highest BCUT2D eigenvalue weighted by atomic mass is 35.5. The lowest BCUT2D eigenvalue weighted by atomic mass is 9.74. The molecular formula is C21H21Cl2N5. The average molecular weight is 414 g/mol. The topological polar surface area (TPSA) is 34.4 Å². The zero-order valence-electron chi connectivity index (χ0n) is 15.4. The van der Waals surface area contributed by atoms with Crippen LogP contribution < -0.4 is 0 Å². The van der Waals surface area contributed by atoms with Gasteiger partial charge in [0.2, 0.25) is 0 Å². The van der Waals surface area contributed by atoms with Gasteiger partial charge in [0.05, 0.1) is 47.4 Å². The molecule has 0 radical (unpaired) electrons. The number of rotatable bonds is 4. The lowest BCUT2D eigenvalue weighted by Gasteiger charge is -2.60. The van der Waals surface area contributed by atoms with E-state index in [0.717, 1.165) is 50.9 Å². The van der Waals surface area contributed by atoms with E-state index >= 15 is 0 Å². The summed E-state index contributed by atoms with van der Waals surface area (Å²) in [6.07, 6.45) is 1.66. The highest BCUT2D eigenvalue weighted by molar-refractivity contribution is 6.38. The van der Waals surface area contributed by atoms with Gasteiger partial charge < -0.3 is 0 Å². The molecule has 0 unspecified atom stereocenters. The molecule has 0 N–H and O–H groups in total. The zero-order valence-corrected chi connectivity index (χ0v) is 16.9.